The molecule has 0 aliphatic heterocycles. The average Bonchev–Trinajstić information content (AvgIpc) is 2.70. The lowest BCUT2D eigenvalue weighted by molar-refractivity contribution is 0.874. The number of aryl methyl sites for hydroxylation is 1. The lowest BCUT2D eigenvalue weighted by atomic mass is 10.2. The van der Waals surface area contributed by atoms with E-state index in [1.807, 2.05) is 23.6 Å². The number of hydrogen-bond donors (Lipinski definition) is 1. The van der Waals surface area contributed by atoms with Gasteiger partial charge >= 0.3 is 0 Å². The van der Waals surface area contributed by atoms with Crippen LogP contribution in [-0.2, 0) is 6.42 Å². The van der Waals surface area contributed by atoms with Gasteiger partial charge in [0, 0.05) is 5.69 Å². The Morgan fingerprint density at radius 3 is 3.07 bits per heavy atom. The van der Waals surface area contributed by atoms with Crippen LogP contribution in [0.4, 0.5) is 0 Å². The van der Waals surface area contributed by atoms with Crippen molar-refractivity contribution in [1.29, 1.82) is 0 Å². The molecule has 0 unspecified atom stereocenters. The minimum atomic E-state index is 0.667. The zero-order valence-electron chi connectivity index (χ0n) is 8.49. The van der Waals surface area contributed by atoms with Crippen LogP contribution in [0.2, 0.25) is 0 Å². The number of hydrogen-bond acceptors (Lipinski definition) is 3. The topological polar surface area (TPSA) is 28.7 Å². The number of H-pyrrole nitrogens is 1. The molecule has 0 fully saturated rings. The van der Waals surface area contributed by atoms with E-state index in [9.17, 15) is 0 Å². The number of aromatic amines is 1. The molecule has 0 bridgehead atoms. The van der Waals surface area contributed by atoms with Crippen molar-refractivity contribution >= 4 is 23.6 Å². The smallest absolute Gasteiger partial charge is 0.149 e. The van der Waals surface area contributed by atoms with E-state index in [1.165, 1.54) is 5.69 Å². The van der Waals surface area contributed by atoms with Crippen LogP contribution in [0.25, 0.3) is 10.7 Å². The molecule has 0 amide bonds. The third-order valence-corrected chi connectivity index (χ3v) is 3.16. The molecular weight excluding hydrogens is 224 g/mol. The summed E-state index contributed by atoms with van der Waals surface area (Å²) in [7, 11) is 0. The first-order valence-electron chi connectivity index (χ1n) is 4.93. The van der Waals surface area contributed by atoms with Crippen molar-refractivity contribution in [2.75, 3.05) is 0 Å². The van der Waals surface area contributed by atoms with Gasteiger partial charge in [0.25, 0.3) is 0 Å². The fourth-order valence-corrected chi connectivity index (χ4v) is 2.34. The summed E-state index contributed by atoms with van der Waals surface area (Å²) in [5.41, 5.74) is 1.17. The Labute approximate surface area is 98.0 Å². The third kappa shape index (κ3) is 2.52. The molecule has 0 atom stereocenters. The standard InChI is InChI=1S/C11H12N2S2/c1-2-4-8-7-10(14)13-11(12-8)9-5-3-6-15-9/h3,5-7H,2,4H2,1H3,(H,12,13,14). The van der Waals surface area contributed by atoms with E-state index in [1.54, 1.807) is 11.3 Å². The summed E-state index contributed by atoms with van der Waals surface area (Å²) in [5.74, 6) is 0.890. The first kappa shape index (κ1) is 10.5. The second-order valence-corrected chi connectivity index (χ2v) is 4.69. The molecule has 15 heavy (non-hydrogen) atoms. The van der Waals surface area contributed by atoms with Crippen LogP contribution < -0.4 is 0 Å². The van der Waals surface area contributed by atoms with E-state index in [0.29, 0.717) is 4.64 Å². The molecule has 0 saturated carbocycles. The van der Waals surface area contributed by atoms with Gasteiger partial charge in [-0.2, -0.15) is 0 Å². The van der Waals surface area contributed by atoms with Crippen LogP contribution in [0.3, 0.4) is 0 Å². The van der Waals surface area contributed by atoms with Crippen LogP contribution in [0.15, 0.2) is 23.6 Å². The number of rotatable bonds is 3. The van der Waals surface area contributed by atoms with E-state index in [0.717, 1.165) is 23.5 Å². The predicted octanol–water partition coefficient (Wildman–Crippen LogP) is 3.82. The Balaban J connectivity index is 2.44. The van der Waals surface area contributed by atoms with Crippen molar-refractivity contribution in [3.63, 3.8) is 0 Å². The van der Waals surface area contributed by atoms with E-state index in [-0.39, 0.29) is 0 Å². The highest BCUT2D eigenvalue weighted by atomic mass is 32.1. The second-order valence-electron chi connectivity index (χ2n) is 3.32. The molecule has 2 heterocycles. The maximum absolute atomic E-state index is 5.15. The highest BCUT2D eigenvalue weighted by molar-refractivity contribution is 7.71. The first-order valence-corrected chi connectivity index (χ1v) is 6.22. The van der Waals surface area contributed by atoms with E-state index in [4.69, 9.17) is 12.2 Å². The summed E-state index contributed by atoms with van der Waals surface area (Å²) in [6.07, 6.45) is 2.13. The zero-order chi connectivity index (χ0) is 10.7. The normalized spacial score (nSPS) is 10.5. The summed E-state index contributed by atoms with van der Waals surface area (Å²) >= 11 is 6.82. The van der Waals surface area contributed by atoms with Crippen molar-refractivity contribution in [2.24, 2.45) is 0 Å². The second kappa shape index (κ2) is 4.68. The number of nitrogens with one attached hydrogen (secondary N) is 1. The molecular formula is C11H12N2S2. The molecule has 2 aromatic rings. The number of aromatic nitrogens is 2. The third-order valence-electron chi connectivity index (χ3n) is 2.07. The van der Waals surface area contributed by atoms with Crippen molar-refractivity contribution in [1.82, 2.24) is 9.97 Å². The van der Waals surface area contributed by atoms with Crippen LogP contribution in [0.1, 0.15) is 19.0 Å². The Kier molecular flexibility index (Phi) is 3.28. The molecule has 78 valence electrons. The molecule has 2 aromatic heterocycles. The molecule has 2 nitrogen and oxygen atoms in total. The Morgan fingerprint density at radius 2 is 2.40 bits per heavy atom. The Bertz CT molecular complexity index is 486. The van der Waals surface area contributed by atoms with Gasteiger partial charge in [0.15, 0.2) is 0 Å². The summed E-state index contributed by atoms with van der Waals surface area (Å²) in [6, 6.07) is 6.01. The Hall–Kier alpha value is -1.00. The molecule has 4 heteroatoms. The molecule has 0 radical (unpaired) electrons. The molecule has 0 aliphatic carbocycles. The van der Waals surface area contributed by atoms with Gasteiger partial charge in [-0.05, 0) is 23.9 Å². The summed E-state index contributed by atoms with van der Waals surface area (Å²) in [5, 5.41) is 2.04. The number of thiophene rings is 1. The monoisotopic (exact) mass is 236 g/mol. The minimum Gasteiger partial charge on any atom is -0.342 e. The quantitative estimate of drug-likeness (QED) is 0.821. The fraction of sp³-hybridized carbons (Fsp3) is 0.273. The maximum Gasteiger partial charge on any atom is 0.149 e. The highest BCUT2D eigenvalue weighted by Crippen LogP contribution is 2.21. The van der Waals surface area contributed by atoms with Crippen LogP contribution in [-0.4, -0.2) is 9.97 Å². The largest absolute Gasteiger partial charge is 0.342 e. The van der Waals surface area contributed by atoms with Crippen LogP contribution in [0, 0.1) is 4.64 Å². The summed E-state index contributed by atoms with van der Waals surface area (Å²) in [6.45, 7) is 2.15. The highest BCUT2D eigenvalue weighted by Gasteiger charge is 2.02. The lowest BCUT2D eigenvalue weighted by Gasteiger charge is -2.02. The van der Waals surface area contributed by atoms with Gasteiger partial charge in [0.2, 0.25) is 0 Å². The average molecular weight is 236 g/mol. The van der Waals surface area contributed by atoms with Crippen LogP contribution >= 0.6 is 23.6 Å². The van der Waals surface area contributed by atoms with E-state index in [2.05, 4.69) is 16.9 Å². The SMILES string of the molecule is CCCc1cc(=S)nc(-c2cccs2)[nH]1. The molecule has 0 aliphatic rings. The first-order chi connectivity index (χ1) is 7.29. The molecule has 2 rings (SSSR count). The Morgan fingerprint density at radius 1 is 1.53 bits per heavy atom. The maximum atomic E-state index is 5.15. The van der Waals surface area contributed by atoms with Gasteiger partial charge in [0.1, 0.15) is 10.5 Å². The lowest BCUT2D eigenvalue weighted by Crippen LogP contribution is -1.94. The summed E-state index contributed by atoms with van der Waals surface area (Å²) < 4.78 is 0.667. The molecule has 1 N–H and O–H groups in total. The van der Waals surface area contributed by atoms with Gasteiger partial charge in [-0.3, -0.25) is 0 Å². The minimum absolute atomic E-state index is 0.667. The molecule has 0 spiro atoms. The van der Waals surface area contributed by atoms with Gasteiger partial charge in [-0.25, -0.2) is 4.98 Å². The van der Waals surface area contributed by atoms with E-state index >= 15 is 0 Å². The predicted molar refractivity (Wildman–Crippen MR) is 66.7 cm³/mol. The molecule has 0 saturated heterocycles. The van der Waals surface area contributed by atoms with Crippen molar-refractivity contribution in [3.8, 4) is 10.7 Å². The molecule has 0 aromatic carbocycles. The fourth-order valence-electron chi connectivity index (χ4n) is 1.44. The van der Waals surface area contributed by atoms with Crippen molar-refractivity contribution in [3.05, 3.63) is 33.9 Å². The van der Waals surface area contributed by atoms with Crippen LogP contribution in [0.5, 0.6) is 0 Å². The van der Waals surface area contributed by atoms with Gasteiger partial charge < -0.3 is 4.98 Å². The van der Waals surface area contributed by atoms with Crippen molar-refractivity contribution in [2.45, 2.75) is 19.8 Å². The van der Waals surface area contributed by atoms with Crippen molar-refractivity contribution < 1.29 is 0 Å². The van der Waals surface area contributed by atoms with Gasteiger partial charge in [-0.15, -0.1) is 11.3 Å². The van der Waals surface area contributed by atoms with Gasteiger partial charge in [-0.1, -0.05) is 31.6 Å². The van der Waals surface area contributed by atoms with E-state index < -0.39 is 0 Å². The zero-order valence-corrected chi connectivity index (χ0v) is 10.1. The number of nitrogens with zero attached hydrogens (tertiary/aromatic N) is 1. The van der Waals surface area contributed by atoms with Gasteiger partial charge in [0.05, 0.1) is 4.88 Å². The summed E-state index contributed by atoms with van der Waals surface area (Å²) in [4.78, 5) is 8.79.